The smallest absolute Gasteiger partial charge is 0.276 e. The highest BCUT2D eigenvalue weighted by molar-refractivity contribution is 5.92. The molecule has 0 radical (unpaired) electrons. The molecule has 0 bridgehead atoms. The zero-order valence-electron chi connectivity index (χ0n) is 16.4. The molecule has 1 N–H and O–H groups in total. The average Bonchev–Trinajstić information content (AvgIpc) is 3.24. The molecule has 3 heterocycles. The highest BCUT2D eigenvalue weighted by atomic mass is 35.5. The van der Waals surface area contributed by atoms with Gasteiger partial charge in [-0.3, -0.25) is 9.59 Å². The third-order valence-corrected chi connectivity index (χ3v) is 6.25. The lowest BCUT2D eigenvalue weighted by Gasteiger charge is -2.36. The van der Waals surface area contributed by atoms with E-state index in [4.69, 9.17) is 0 Å². The second-order valence-electron chi connectivity index (χ2n) is 8.02. The van der Waals surface area contributed by atoms with Crippen LogP contribution in [0.15, 0.2) is 6.20 Å². The summed E-state index contributed by atoms with van der Waals surface area (Å²) in [6.45, 7) is 4.37. The van der Waals surface area contributed by atoms with Gasteiger partial charge < -0.3 is 15.1 Å². The molecule has 0 atom stereocenters. The molecule has 4 rings (SSSR count). The highest BCUT2D eigenvalue weighted by Crippen LogP contribution is 2.26. The summed E-state index contributed by atoms with van der Waals surface area (Å²) in [5.41, 5.74) is 0.417. The van der Waals surface area contributed by atoms with Crippen LogP contribution in [0.3, 0.4) is 0 Å². The van der Waals surface area contributed by atoms with E-state index in [9.17, 15) is 9.59 Å². The summed E-state index contributed by atoms with van der Waals surface area (Å²) in [4.78, 5) is 29.2. The summed E-state index contributed by atoms with van der Waals surface area (Å²) < 4.78 is 1.84. The van der Waals surface area contributed by atoms with Gasteiger partial charge in [0.05, 0.1) is 12.2 Å². The Morgan fingerprint density at radius 3 is 2.25 bits per heavy atom. The molecule has 2 amide bonds. The van der Waals surface area contributed by atoms with Gasteiger partial charge in [-0.2, -0.15) is 0 Å². The molecular formula is C19H31ClN6O2. The summed E-state index contributed by atoms with van der Waals surface area (Å²) in [6, 6.07) is 0.324. The quantitative estimate of drug-likeness (QED) is 0.816. The van der Waals surface area contributed by atoms with Gasteiger partial charge in [-0.05, 0) is 38.8 Å². The molecule has 1 aromatic heterocycles. The number of hydrogen-bond donors (Lipinski definition) is 1. The number of amides is 2. The Kier molecular flexibility index (Phi) is 7.29. The van der Waals surface area contributed by atoms with E-state index in [1.807, 2.05) is 9.58 Å². The van der Waals surface area contributed by atoms with Crippen LogP contribution >= 0.6 is 12.4 Å². The Morgan fingerprint density at radius 2 is 1.57 bits per heavy atom. The van der Waals surface area contributed by atoms with E-state index >= 15 is 0 Å². The van der Waals surface area contributed by atoms with Crippen molar-refractivity contribution in [1.82, 2.24) is 30.1 Å². The van der Waals surface area contributed by atoms with E-state index in [1.165, 1.54) is 19.3 Å². The lowest BCUT2D eigenvalue weighted by molar-refractivity contribution is -0.138. The van der Waals surface area contributed by atoms with Crippen LogP contribution in [0.1, 0.15) is 61.5 Å². The second-order valence-corrected chi connectivity index (χ2v) is 8.02. The molecule has 0 aromatic carbocycles. The average molecular weight is 411 g/mol. The van der Waals surface area contributed by atoms with Gasteiger partial charge in [0, 0.05) is 32.1 Å². The third kappa shape index (κ3) is 4.66. The van der Waals surface area contributed by atoms with Crippen LogP contribution in [0.2, 0.25) is 0 Å². The molecular weight excluding hydrogens is 380 g/mol. The zero-order valence-corrected chi connectivity index (χ0v) is 17.2. The molecule has 3 aliphatic rings. The SMILES string of the molecule is Cl.O=C(c1cn(C2CCNCC2)nn1)N1CCN(C(=O)C2CCCCC2)CC1. The molecule has 1 aromatic rings. The first-order valence-corrected chi connectivity index (χ1v) is 10.4. The number of piperidine rings is 1. The van der Waals surface area contributed by atoms with Crippen molar-refractivity contribution in [1.29, 1.82) is 0 Å². The number of rotatable bonds is 3. The predicted octanol–water partition coefficient (Wildman–Crippen LogP) is 1.49. The van der Waals surface area contributed by atoms with Crippen LogP contribution in [0, 0.1) is 5.92 Å². The molecule has 9 heteroatoms. The normalized spacial score (nSPS) is 22.0. The number of halogens is 1. The number of piperazine rings is 1. The van der Waals surface area contributed by atoms with Crippen LogP contribution < -0.4 is 5.32 Å². The Hall–Kier alpha value is -1.67. The lowest BCUT2D eigenvalue weighted by Crippen LogP contribution is -2.52. The van der Waals surface area contributed by atoms with Crippen molar-refractivity contribution in [2.24, 2.45) is 5.92 Å². The molecule has 1 saturated carbocycles. The summed E-state index contributed by atoms with van der Waals surface area (Å²) >= 11 is 0. The maximum absolute atomic E-state index is 12.8. The molecule has 8 nitrogen and oxygen atoms in total. The van der Waals surface area contributed by atoms with Gasteiger partial charge in [0.2, 0.25) is 5.91 Å². The first-order valence-electron chi connectivity index (χ1n) is 10.4. The molecule has 0 spiro atoms. The number of hydrogen-bond acceptors (Lipinski definition) is 5. The van der Waals surface area contributed by atoms with Crippen molar-refractivity contribution in [3.8, 4) is 0 Å². The van der Waals surface area contributed by atoms with Crippen LogP contribution in [-0.2, 0) is 4.79 Å². The van der Waals surface area contributed by atoms with E-state index in [2.05, 4.69) is 15.6 Å². The largest absolute Gasteiger partial charge is 0.339 e. The maximum Gasteiger partial charge on any atom is 0.276 e. The molecule has 0 unspecified atom stereocenters. The van der Waals surface area contributed by atoms with Crippen molar-refractivity contribution in [2.75, 3.05) is 39.3 Å². The van der Waals surface area contributed by atoms with Crippen LogP contribution in [0.5, 0.6) is 0 Å². The molecule has 28 heavy (non-hydrogen) atoms. The van der Waals surface area contributed by atoms with Gasteiger partial charge >= 0.3 is 0 Å². The van der Waals surface area contributed by atoms with E-state index < -0.39 is 0 Å². The van der Waals surface area contributed by atoms with Gasteiger partial charge in [0.25, 0.3) is 5.91 Å². The standard InChI is InChI=1S/C19H30N6O2.ClH/c26-18(15-4-2-1-3-5-15)23-10-12-24(13-11-23)19(27)17-14-25(22-21-17)16-6-8-20-9-7-16;/h14-16,20H,1-13H2;1H. The first kappa shape index (κ1) is 21.0. The van der Waals surface area contributed by atoms with Crippen molar-refractivity contribution < 1.29 is 9.59 Å². The Bertz CT molecular complexity index is 661. The monoisotopic (exact) mass is 410 g/mol. The Morgan fingerprint density at radius 1 is 0.929 bits per heavy atom. The Labute approximate surface area is 172 Å². The molecule has 1 aliphatic carbocycles. The topological polar surface area (TPSA) is 83.4 Å². The predicted molar refractivity (Wildman–Crippen MR) is 107 cm³/mol. The van der Waals surface area contributed by atoms with Gasteiger partial charge in [0.1, 0.15) is 0 Å². The fourth-order valence-electron chi connectivity index (χ4n) is 4.52. The number of carbonyl (C=O) groups excluding carboxylic acids is 2. The maximum atomic E-state index is 12.8. The van der Waals surface area contributed by atoms with Crippen molar-refractivity contribution in [3.63, 3.8) is 0 Å². The van der Waals surface area contributed by atoms with Crippen LogP contribution in [0.4, 0.5) is 0 Å². The van der Waals surface area contributed by atoms with Crippen molar-refractivity contribution in [2.45, 2.75) is 51.0 Å². The third-order valence-electron chi connectivity index (χ3n) is 6.25. The lowest BCUT2D eigenvalue weighted by atomic mass is 9.88. The van der Waals surface area contributed by atoms with Crippen molar-refractivity contribution in [3.05, 3.63) is 11.9 Å². The van der Waals surface area contributed by atoms with Crippen LogP contribution in [-0.4, -0.2) is 75.9 Å². The van der Waals surface area contributed by atoms with Gasteiger partial charge in [-0.1, -0.05) is 24.5 Å². The minimum Gasteiger partial charge on any atom is -0.339 e. The van der Waals surface area contributed by atoms with E-state index in [0.717, 1.165) is 38.8 Å². The van der Waals surface area contributed by atoms with E-state index in [1.54, 1.807) is 11.1 Å². The number of carbonyl (C=O) groups is 2. The first-order chi connectivity index (χ1) is 13.2. The van der Waals surface area contributed by atoms with Gasteiger partial charge in [0.15, 0.2) is 5.69 Å². The summed E-state index contributed by atoms with van der Waals surface area (Å²) in [7, 11) is 0. The van der Waals surface area contributed by atoms with Gasteiger partial charge in [-0.25, -0.2) is 4.68 Å². The van der Waals surface area contributed by atoms with Gasteiger partial charge in [-0.15, -0.1) is 17.5 Å². The zero-order chi connectivity index (χ0) is 18.6. The van der Waals surface area contributed by atoms with E-state index in [-0.39, 0.29) is 24.2 Å². The Balaban J connectivity index is 0.00000225. The molecule has 156 valence electrons. The molecule has 2 aliphatic heterocycles. The van der Waals surface area contributed by atoms with E-state index in [0.29, 0.717) is 43.8 Å². The second kappa shape index (κ2) is 9.69. The summed E-state index contributed by atoms with van der Waals surface area (Å²) in [5, 5.41) is 11.6. The highest BCUT2D eigenvalue weighted by Gasteiger charge is 2.31. The fraction of sp³-hybridized carbons (Fsp3) is 0.789. The summed E-state index contributed by atoms with van der Waals surface area (Å²) in [6.07, 6.45) is 9.46. The number of nitrogens with one attached hydrogen (secondary N) is 1. The minimum atomic E-state index is -0.0695. The number of aromatic nitrogens is 3. The molecule has 2 saturated heterocycles. The van der Waals surface area contributed by atoms with Crippen LogP contribution in [0.25, 0.3) is 0 Å². The fourth-order valence-corrected chi connectivity index (χ4v) is 4.52. The molecule has 3 fully saturated rings. The van der Waals surface area contributed by atoms with Crippen molar-refractivity contribution >= 4 is 24.2 Å². The summed E-state index contributed by atoms with van der Waals surface area (Å²) in [5.74, 6) is 0.421. The minimum absolute atomic E-state index is 0. The number of nitrogens with zero attached hydrogens (tertiary/aromatic N) is 5.